The van der Waals surface area contributed by atoms with Gasteiger partial charge in [0.2, 0.25) is 0 Å². The number of fused-ring (bicyclic) bond motifs is 4. The second-order valence-electron chi connectivity index (χ2n) is 17.9. The van der Waals surface area contributed by atoms with Crippen LogP contribution in [0.25, 0.3) is 0 Å². The van der Waals surface area contributed by atoms with E-state index in [1.165, 1.54) is 0 Å². The first-order valence-corrected chi connectivity index (χ1v) is 23.6. The molecule has 0 N–H and O–H groups in total. The van der Waals surface area contributed by atoms with Crippen molar-refractivity contribution in [3.63, 3.8) is 0 Å². The topological polar surface area (TPSA) is 73.8 Å². The minimum atomic E-state index is -1.92. The smallest absolute Gasteiger partial charge is 0.497 e. The maximum Gasteiger partial charge on any atom is 0.530 e. The Bertz CT molecular complexity index is 2510. The van der Waals surface area contributed by atoms with Gasteiger partial charge in [0.1, 0.15) is 46.0 Å². The summed E-state index contributed by atoms with van der Waals surface area (Å²) in [5.41, 5.74) is 7.66. The third-order valence-corrected chi connectivity index (χ3v) is 13.6. The van der Waals surface area contributed by atoms with Gasteiger partial charge in [-0.25, -0.2) is 0 Å². The maximum atomic E-state index is 6.77. The summed E-state index contributed by atoms with van der Waals surface area (Å²) in [4.78, 5) is 0. The van der Waals surface area contributed by atoms with Gasteiger partial charge in [0, 0.05) is 45.2 Å². The molecule has 0 fully saturated rings. The highest BCUT2D eigenvalue weighted by Gasteiger charge is 2.36. The van der Waals surface area contributed by atoms with Gasteiger partial charge in [-0.05, 0) is 82.6 Å². The first kappa shape index (κ1) is 43.1. The number of ether oxygens (including phenoxy) is 2. The quantitative estimate of drug-likeness (QED) is 0.140. The molecule has 0 atom stereocenters. The van der Waals surface area contributed by atoms with E-state index in [1.807, 2.05) is 84.9 Å². The molecule has 0 bridgehead atoms. The van der Waals surface area contributed by atoms with Gasteiger partial charge in [-0.1, -0.05) is 139 Å². The average molecular weight is 891 g/mol. The molecule has 7 aromatic rings. The summed E-state index contributed by atoms with van der Waals surface area (Å²) < 4.78 is 51.6. The van der Waals surface area contributed by atoms with E-state index < -0.39 is 17.2 Å². The van der Waals surface area contributed by atoms with Crippen LogP contribution in [0, 0.1) is 0 Å². The van der Waals surface area contributed by atoms with Crippen LogP contribution < -0.4 is 36.6 Å². The minimum Gasteiger partial charge on any atom is -0.497 e. The Balaban J connectivity index is 1.10. The molecule has 9 rings (SSSR count). The van der Waals surface area contributed by atoms with E-state index in [1.54, 1.807) is 14.2 Å². The SMILES string of the molecule is COc1ccc(OP2Oc3ccccc3C(c3cccc(C4c5ccccc5OP(Oc5ccc(OC)cc5C(C)(C)C)Oc5ccccc54)c3)c3ccccc3O2)c(C(C)(C)C)c1. The van der Waals surface area contributed by atoms with Crippen molar-refractivity contribution in [2.45, 2.75) is 64.2 Å². The van der Waals surface area contributed by atoms with Crippen LogP contribution in [0.15, 0.2) is 158 Å². The van der Waals surface area contributed by atoms with E-state index >= 15 is 0 Å². The Hall–Kier alpha value is -6.20. The summed E-state index contributed by atoms with van der Waals surface area (Å²) in [6, 6.07) is 53.2. The van der Waals surface area contributed by atoms with E-state index in [0.29, 0.717) is 34.5 Å². The molecule has 0 aliphatic carbocycles. The van der Waals surface area contributed by atoms with Gasteiger partial charge < -0.3 is 36.6 Å². The number of hydrogen-bond acceptors (Lipinski definition) is 8. The number of rotatable bonds is 8. The van der Waals surface area contributed by atoms with Crippen LogP contribution in [0.2, 0.25) is 0 Å². The lowest BCUT2D eigenvalue weighted by molar-refractivity contribution is 0.371. The first-order chi connectivity index (χ1) is 30.9. The second-order valence-corrected chi connectivity index (χ2v) is 19.9. The summed E-state index contributed by atoms with van der Waals surface area (Å²) in [6.07, 6.45) is 0. The van der Waals surface area contributed by atoms with Gasteiger partial charge in [-0.15, -0.1) is 0 Å². The van der Waals surface area contributed by atoms with Crippen LogP contribution in [0.3, 0.4) is 0 Å². The van der Waals surface area contributed by atoms with E-state index in [4.69, 9.17) is 36.6 Å². The number of methoxy groups -OCH3 is 2. The van der Waals surface area contributed by atoms with Crippen LogP contribution in [0.5, 0.6) is 46.0 Å². The minimum absolute atomic E-state index is 0.229. The molecule has 0 saturated carbocycles. The van der Waals surface area contributed by atoms with Gasteiger partial charge >= 0.3 is 17.2 Å². The third-order valence-electron chi connectivity index (χ3n) is 11.5. The molecule has 0 saturated heterocycles. The van der Waals surface area contributed by atoms with E-state index in [2.05, 4.69) is 114 Å². The van der Waals surface area contributed by atoms with Crippen molar-refractivity contribution >= 4 is 17.2 Å². The fourth-order valence-corrected chi connectivity index (χ4v) is 10.5. The lowest BCUT2D eigenvalue weighted by Gasteiger charge is -2.31. The zero-order valence-corrected chi connectivity index (χ0v) is 39.1. The summed E-state index contributed by atoms with van der Waals surface area (Å²) in [5.74, 6) is 5.14. The van der Waals surface area contributed by atoms with Crippen molar-refractivity contribution in [1.82, 2.24) is 0 Å². The summed E-state index contributed by atoms with van der Waals surface area (Å²) in [6.45, 7) is 12.9. The van der Waals surface area contributed by atoms with Crippen molar-refractivity contribution in [2.75, 3.05) is 14.2 Å². The standard InChI is InChI=1S/C54H52O8P2/c1-53(2,3)43-33-37(55-7)28-30-49(43)61-63-57-45-24-13-9-20-39(45)51(40-21-10-14-25-46(40)58-63)35-18-17-19-36(32-35)52-41-22-11-15-26-47(41)59-64(60-48-27-16-12-23-42(48)52)62-50-31-29-38(56-8)34-44(50)54(4,5)6/h9-34,51-52H,1-8H3. The monoisotopic (exact) mass is 890 g/mol. The number of para-hydroxylation sites is 4. The molecule has 2 aliphatic heterocycles. The molecular formula is C54H52O8P2. The molecule has 0 aromatic heterocycles. The van der Waals surface area contributed by atoms with Crippen molar-refractivity contribution < 1.29 is 36.6 Å². The lowest BCUT2D eigenvalue weighted by atomic mass is 9.79. The van der Waals surface area contributed by atoms with E-state index in [9.17, 15) is 0 Å². The molecule has 0 radical (unpaired) electrons. The zero-order chi connectivity index (χ0) is 44.6. The molecular weight excluding hydrogens is 839 g/mol. The molecule has 326 valence electrons. The average Bonchev–Trinajstić information content (AvgIpc) is 3.27. The van der Waals surface area contributed by atoms with Gasteiger partial charge in [-0.3, -0.25) is 0 Å². The summed E-state index contributed by atoms with van der Waals surface area (Å²) in [5, 5.41) is 0. The van der Waals surface area contributed by atoms with Gasteiger partial charge in [0.05, 0.1) is 14.2 Å². The zero-order valence-electron chi connectivity index (χ0n) is 37.3. The van der Waals surface area contributed by atoms with Crippen LogP contribution in [-0.4, -0.2) is 14.2 Å². The van der Waals surface area contributed by atoms with Gasteiger partial charge in [-0.2, -0.15) is 0 Å². The van der Waals surface area contributed by atoms with Crippen LogP contribution >= 0.6 is 17.2 Å². The predicted octanol–water partition coefficient (Wildman–Crippen LogP) is 14.8. The normalized spacial score (nSPS) is 17.9. The predicted molar refractivity (Wildman–Crippen MR) is 255 cm³/mol. The Kier molecular flexibility index (Phi) is 11.9. The highest BCUT2D eigenvalue weighted by Crippen LogP contribution is 2.55. The van der Waals surface area contributed by atoms with Crippen LogP contribution in [0.1, 0.15) is 97.9 Å². The Labute approximate surface area is 379 Å². The molecule has 0 unspecified atom stereocenters. The fourth-order valence-electron chi connectivity index (χ4n) is 8.38. The number of benzene rings is 7. The third kappa shape index (κ3) is 8.82. The lowest BCUT2D eigenvalue weighted by Crippen LogP contribution is -2.16. The largest absolute Gasteiger partial charge is 0.530 e. The maximum absolute atomic E-state index is 6.77. The van der Waals surface area contributed by atoms with Crippen molar-refractivity contribution in [2.24, 2.45) is 0 Å². The molecule has 0 amide bonds. The first-order valence-electron chi connectivity index (χ1n) is 21.4. The van der Waals surface area contributed by atoms with Crippen LogP contribution in [0.4, 0.5) is 0 Å². The Morgan fingerprint density at radius 1 is 0.391 bits per heavy atom. The van der Waals surface area contributed by atoms with Crippen LogP contribution in [-0.2, 0) is 10.8 Å². The van der Waals surface area contributed by atoms with E-state index in [-0.39, 0.29) is 22.7 Å². The Morgan fingerprint density at radius 2 is 0.719 bits per heavy atom. The molecule has 0 spiro atoms. The van der Waals surface area contributed by atoms with E-state index in [0.717, 1.165) is 56.0 Å². The van der Waals surface area contributed by atoms with Crippen molar-refractivity contribution in [3.8, 4) is 46.0 Å². The van der Waals surface area contributed by atoms with Gasteiger partial charge in [0.15, 0.2) is 0 Å². The fraction of sp³-hybridized carbons (Fsp3) is 0.222. The molecule has 64 heavy (non-hydrogen) atoms. The molecule has 10 heteroatoms. The Morgan fingerprint density at radius 3 is 1.03 bits per heavy atom. The summed E-state index contributed by atoms with van der Waals surface area (Å²) >= 11 is 0. The molecule has 2 aliphatic rings. The molecule has 8 nitrogen and oxygen atoms in total. The highest BCUT2D eigenvalue weighted by atomic mass is 31.2. The number of hydrogen-bond donors (Lipinski definition) is 0. The second kappa shape index (κ2) is 17.8. The van der Waals surface area contributed by atoms with Gasteiger partial charge in [0.25, 0.3) is 0 Å². The molecule has 7 aromatic carbocycles. The van der Waals surface area contributed by atoms with Crippen molar-refractivity contribution in [1.29, 1.82) is 0 Å². The van der Waals surface area contributed by atoms with Crippen molar-refractivity contribution in [3.05, 3.63) is 202 Å². The summed E-state index contributed by atoms with van der Waals surface area (Å²) in [7, 11) is -0.505. The molecule has 2 heterocycles. The highest BCUT2D eigenvalue weighted by molar-refractivity contribution is 7.43.